The second-order valence-corrected chi connectivity index (χ2v) is 5.81. The molecule has 96 valence electrons. The number of nitrogens with one attached hydrogen (secondary N) is 1. The molecule has 0 aliphatic heterocycles. The standard InChI is InChI=1S/C14H19N3S/c1-9-8-16-6-5-12(9)13(15-4)7-14-17-10(2)11(3)18-14/h5-6,8,13,15H,7H2,1-4H3. The van der Waals surface area contributed by atoms with E-state index in [4.69, 9.17) is 0 Å². The zero-order valence-electron chi connectivity index (χ0n) is 11.3. The van der Waals surface area contributed by atoms with E-state index < -0.39 is 0 Å². The van der Waals surface area contributed by atoms with Crippen molar-refractivity contribution in [2.24, 2.45) is 0 Å². The van der Waals surface area contributed by atoms with Crippen LogP contribution in [0.2, 0.25) is 0 Å². The zero-order chi connectivity index (χ0) is 13.1. The lowest BCUT2D eigenvalue weighted by Gasteiger charge is -2.17. The van der Waals surface area contributed by atoms with E-state index in [2.05, 4.69) is 42.1 Å². The van der Waals surface area contributed by atoms with Crippen molar-refractivity contribution in [3.05, 3.63) is 45.2 Å². The van der Waals surface area contributed by atoms with Gasteiger partial charge in [-0.2, -0.15) is 0 Å². The molecule has 0 aliphatic rings. The van der Waals surface area contributed by atoms with Crippen molar-refractivity contribution >= 4 is 11.3 Å². The van der Waals surface area contributed by atoms with Gasteiger partial charge in [-0.15, -0.1) is 11.3 Å². The van der Waals surface area contributed by atoms with Crippen LogP contribution in [0, 0.1) is 20.8 Å². The lowest BCUT2D eigenvalue weighted by molar-refractivity contribution is 0.586. The fraction of sp³-hybridized carbons (Fsp3) is 0.429. The van der Waals surface area contributed by atoms with E-state index in [1.54, 1.807) is 11.3 Å². The Balaban J connectivity index is 2.22. The molecule has 0 saturated heterocycles. The molecule has 3 nitrogen and oxygen atoms in total. The van der Waals surface area contributed by atoms with Crippen LogP contribution in [0.3, 0.4) is 0 Å². The molecule has 2 heterocycles. The van der Waals surface area contributed by atoms with Gasteiger partial charge in [-0.1, -0.05) is 0 Å². The first-order valence-corrected chi connectivity index (χ1v) is 6.94. The average Bonchev–Trinajstić information content (AvgIpc) is 2.66. The highest BCUT2D eigenvalue weighted by Crippen LogP contribution is 2.24. The Morgan fingerprint density at radius 3 is 2.67 bits per heavy atom. The van der Waals surface area contributed by atoms with Crippen LogP contribution in [-0.2, 0) is 6.42 Å². The predicted molar refractivity (Wildman–Crippen MR) is 76.1 cm³/mol. The highest BCUT2D eigenvalue weighted by atomic mass is 32.1. The van der Waals surface area contributed by atoms with Crippen LogP contribution in [0.4, 0.5) is 0 Å². The van der Waals surface area contributed by atoms with E-state index in [0.717, 1.165) is 12.1 Å². The van der Waals surface area contributed by atoms with Gasteiger partial charge >= 0.3 is 0 Å². The van der Waals surface area contributed by atoms with Crippen LogP contribution in [0.15, 0.2) is 18.5 Å². The number of pyridine rings is 1. The van der Waals surface area contributed by atoms with Crippen molar-refractivity contribution in [1.29, 1.82) is 0 Å². The Bertz CT molecular complexity index is 514. The monoisotopic (exact) mass is 261 g/mol. The summed E-state index contributed by atoms with van der Waals surface area (Å²) in [6.07, 6.45) is 4.70. The molecule has 0 bridgehead atoms. The fourth-order valence-corrected chi connectivity index (χ4v) is 3.02. The van der Waals surface area contributed by atoms with Gasteiger partial charge in [0.2, 0.25) is 0 Å². The van der Waals surface area contributed by atoms with Crippen molar-refractivity contribution in [2.45, 2.75) is 33.2 Å². The number of aryl methyl sites for hydroxylation is 3. The minimum atomic E-state index is 0.304. The number of hydrogen-bond donors (Lipinski definition) is 1. The highest BCUT2D eigenvalue weighted by molar-refractivity contribution is 7.11. The Labute approximate surface area is 112 Å². The summed E-state index contributed by atoms with van der Waals surface area (Å²) in [6.45, 7) is 6.30. The van der Waals surface area contributed by atoms with E-state index in [1.165, 1.54) is 21.0 Å². The van der Waals surface area contributed by atoms with Crippen molar-refractivity contribution in [1.82, 2.24) is 15.3 Å². The van der Waals surface area contributed by atoms with E-state index >= 15 is 0 Å². The summed E-state index contributed by atoms with van der Waals surface area (Å²) in [7, 11) is 2.00. The summed E-state index contributed by atoms with van der Waals surface area (Å²) < 4.78 is 0. The molecule has 18 heavy (non-hydrogen) atoms. The van der Waals surface area contributed by atoms with Crippen LogP contribution in [-0.4, -0.2) is 17.0 Å². The molecule has 1 N–H and O–H groups in total. The second kappa shape index (κ2) is 5.59. The first-order valence-electron chi connectivity index (χ1n) is 6.12. The van der Waals surface area contributed by atoms with Gasteiger partial charge in [0, 0.05) is 29.7 Å². The average molecular weight is 261 g/mol. The minimum Gasteiger partial charge on any atom is -0.313 e. The molecule has 0 radical (unpaired) electrons. The number of aromatic nitrogens is 2. The SMILES string of the molecule is CNC(Cc1nc(C)c(C)s1)c1ccncc1C. The first-order chi connectivity index (χ1) is 8.61. The molecule has 0 spiro atoms. The first kappa shape index (κ1) is 13.2. The summed E-state index contributed by atoms with van der Waals surface area (Å²) in [5, 5.41) is 4.57. The normalized spacial score (nSPS) is 12.7. The fourth-order valence-electron chi connectivity index (χ4n) is 2.04. The molecule has 2 rings (SSSR count). The molecule has 0 fully saturated rings. The third-order valence-electron chi connectivity index (χ3n) is 3.24. The quantitative estimate of drug-likeness (QED) is 0.919. The van der Waals surface area contributed by atoms with Gasteiger partial charge in [-0.05, 0) is 45.0 Å². The molecule has 2 aromatic heterocycles. The molecule has 0 amide bonds. The van der Waals surface area contributed by atoms with E-state index in [-0.39, 0.29) is 0 Å². The van der Waals surface area contributed by atoms with Crippen LogP contribution in [0.5, 0.6) is 0 Å². The lowest BCUT2D eigenvalue weighted by Crippen LogP contribution is -2.19. The number of rotatable bonds is 4. The maximum absolute atomic E-state index is 4.62. The third kappa shape index (κ3) is 2.76. The largest absolute Gasteiger partial charge is 0.313 e. The van der Waals surface area contributed by atoms with Crippen LogP contribution in [0.25, 0.3) is 0 Å². The molecule has 1 unspecified atom stereocenters. The van der Waals surface area contributed by atoms with Crippen LogP contribution >= 0.6 is 11.3 Å². The molecule has 4 heteroatoms. The molecule has 2 aromatic rings. The number of thiazole rings is 1. The third-order valence-corrected chi connectivity index (χ3v) is 4.33. The van der Waals surface area contributed by atoms with E-state index in [9.17, 15) is 0 Å². The second-order valence-electron chi connectivity index (χ2n) is 4.53. The Morgan fingerprint density at radius 2 is 2.11 bits per heavy atom. The maximum atomic E-state index is 4.62. The van der Waals surface area contributed by atoms with Crippen molar-refractivity contribution in [3.63, 3.8) is 0 Å². The van der Waals surface area contributed by atoms with Gasteiger partial charge in [-0.25, -0.2) is 4.98 Å². The van der Waals surface area contributed by atoms with Crippen LogP contribution in [0.1, 0.15) is 32.7 Å². The molecular formula is C14H19N3S. The number of nitrogens with zero attached hydrogens (tertiary/aromatic N) is 2. The van der Waals surface area contributed by atoms with E-state index in [1.807, 2.05) is 19.4 Å². The smallest absolute Gasteiger partial charge is 0.0949 e. The topological polar surface area (TPSA) is 37.8 Å². The van der Waals surface area contributed by atoms with E-state index in [0.29, 0.717) is 6.04 Å². The molecular weight excluding hydrogens is 242 g/mol. The molecule has 0 aliphatic carbocycles. The Hall–Kier alpha value is -1.26. The van der Waals surface area contributed by atoms with Gasteiger partial charge in [0.15, 0.2) is 0 Å². The Morgan fingerprint density at radius 1 is 1.33 bits per heavy atom. The van der Waals surface area contributed by atoms with Gasteiger partial charge in [0.05, 0.1) is 10.7 Å². The summed E-state index contributed by atoms with van der Waals surface area (Å²) in [5.41, 5.74) is 3.68. The highest BCUT2D eigenvalue weighted by Gasteiger charge is 2.15. The predicted octanol–water partition coefficient (Wildman–Crippen LogP) is 2.97. The molecule has 0 saturated carbocycles. The van der Waals surface area contributed by atoms with Crippen LogP contribution < -0.4 is 5.32 Å². The summed E-state index contributed by atoms with van der Waals surface area (Å²) in [4.78, 5) is 10.1. The van der Waals surface area contributed by atoms with Crippen molar-refractivity contribution in [2.75, 3.05) is 7.05 Å². The summed E-state index contributed by atoms with van der Waals surface area (Å²) >= 11 is 1.79. The maximum Gasteiger partial charge on any atom is 0.0949 e. The van der Waals surface area contributed by atoms with Gasteiger partial charge in [0.1, 0.15) is 0 Å². The van der Waals surface area contributed by atoms with Crippen molar-refractivity contribution < 1.29 is 0 Å². The van der Waals surface area contributed by atoms with Crippen molar-refractivity contribution in [3.8, 4) is 0 Å². The van der Waals surface area contributed by atoms with Gasteiger partial charge in [0.25, 0.3) is 0 Å². The minimum absolute atomic E-state index is 0.304. The van der Waals surface area contributed by atoms with Gasteiger partial charge in [-0.3, -0.25) is 4.98 Å². The number of likely N-dealkylation sites (N-methyl/N-ethyl adjacent to an activating group) is 1. The molecule has 0 aromatic carbocycles. The number of hydrogen-bond acceptors (Lipinski definition) is 4. The lowest BCUT2D eigenvalue weighted by atomic mass is 10.0. The summed E-state index contributed by atoms with van der Waals surface area (Å²) in [6, 6.07) is 2.39. The Kier molecular flexibility index (Phi) is 4.09. The van der Waals surface area contributed by atoms with Gasteiger partial charge < -0.3 is 5.32 Å². The zero-order valence-corrected chi connectivity index (χ0v) is 12.1. The molecule has 1 atom stereocenters. The summed E-state index contributed by atoms with van der Waals surface area (Å²) in [5.74, 6) is 0.